The van der Waals surface area contributed by atoms with E-state index in [-0.39, 0.29) is 11.4 Å². The third kappa shape index (κ3) is 3.29. The van der Waals surface area contributed by atoms with Gasteiger partial charge in [0.2, 0.25) is 5.91 Å². The van der Waals surface area contributed by atoms with E-state index in [9.17, 15) is 4.79 Å². The molecule has 0 aromatic rings. The fraction of sp³-hybridized carbons (Fsp3) is 0.909. The Kier molecular flexibility index (Phi) is 3.53. The van der Waals surface area contributed by atoms with Gasteiger partial charge < -0.3 is 10.2 Å². The first-order chi connectivity index (χ1) is 6.41. The molecule has 1 saturated heterocycles. The van der Waals surface area contributed by atoms with E-state index in [1.165, 1.54) is 0 Å². The van der Waals surface area contributed by atoms with Crippen LogP contribution in [0.4, 0.5) is 0 Å². The lowest BCUT2D eigenvalue weighted by molar-refractivity contribution is -0.134. The van der Waals surface area contributed by atoms with Gasteiger partial charge in [-0.25, -0.2) is 0 Å². The smallest absolute Gasteiger partial charge is 0.236 e. The summed E-state index contributed by atoms with van der Waals surface area (Å²) in [5.74, 6) is 0.908. The number of piperazine rings is 1. The van der Waals surface area contributed by atoms with Gasteiger partial charge in [-0.05, 0) is 26.2 Å². The zero-order valence-corrected chi connectivity index (χ0v) is 9.76. The molecule has 0 saturated carbocycles. The number of nitrogens with one attached hydrogen (secondary N) is 1. The molecule has 0 spiro atoms. The molecule has 1 N–H and O–H groups in total. The molecule has 3 nitrogen and oxygen atoms in total. The summed E-state index contributed by atoms with van der Waals surface area (Å²) in [6.45, 7) is 10.9. The highest BCUT2D eigenvalue weighted by Crippen LogP contribution is 2.12. The van der Waals surface area contributed by atoms with Crippen LogP contribution in [0.15, 0.2) is 0 Å². The third-order valence-corrected chi connectivity index (χ3v) is 2.63. The van der Waals surface area contributed by atoms with Crippen molar-refractivity contribution < 1.29 is 4.79 Å². The number of rotatable bonds is 3. The Bertz CT molecular complexity index is 211. The molecule has 0 aliphatic carbocycles. The molecule has 0 unspecified atom stereocenters. The molecule has 1 heterocycles. The van der Waals surface area contributed by atoms with E-state index in [0.29, 0.717) is 12.5 Å². The Labute approximate surface area is 86.9 Å². The Morgan fingerprint density at radius 3 is 2.71 bits per heavy atom. The fourth-order valence-corrected chi connectivity index (χ4v) is 1.67. The molecule has 1 amide bonds. The normalized spacial score (nSPS) is 21.8. The SMILES string of the molecule is CC(C)CCN1CC(C)(C)NCC1=O. The predicted octanol–water partition coefficient (Wildman–Crippen LogP) is 1.24. The van der Waals surface area contributed by atoms with Crippen molar-refractivity contribution in [2.24, 2.45) is 5.92 Å². The van der Waals surface area contributed by atoms with Gasteiger partial charge in [0.25, 0.3) is 0 Å². The maximum atomic E-state index is 11.6. The van der Waals surface area contributed by atoms with Crippen molar-refractivity contribution in [2.45, 2.75) is 39.7 Å². The number of hydrogen-bond acceptors (Lipinski definition) is 2. The second-order valence-corrected chi connectivity index (χ2v) is 5.24. The van der Waals surface area contributed by atoms with Crippen molar-refractivity contribution in [1.82, 2.24) is 10.2 Å². The lowest BCUT2D eigenvalue weighted by atomic mass is 10.0. The van der Waals surface area contributed by atoms with Crippen LogP contribution in [0.25, 0.3) is 0 Å². The summed E-state index contributed by atoms with van der Waals surface area (Å²) in [5, 5.41) is 3.23. The number of carbonyl (C=O) groups excluding carboxylic acids is 1. The highest BCUT2D eigenvalue weighted by Gasteiger charge is 2.29. The van der Waals surface area contributed by atoms with Crippen molar-refractivity contribution in [3.8, 4) is 0 Å². The van der Waals surface area contributed by atoms with Crippen molar-refractivity contribution >= 4 is 5.91 Å². The van der Waals surface area contributed by atoms with Crippen LogP contribution in [0.2, 0.25) is 0 Å². The summed E-state index contributed by atoms with van der Waals surface area (Å²) < 4.78 is 0. The van der Waals surface area contributed by atoms with Gasteiger partial charge >= 0.3 is 0 Å². The summed E-state index contributed by atoms with van der Waals surface area (Å²) in [4.78, 5) is 13.5. The first-order valence-corrected chi connectivity index (χ1v) is 5.43. The zero-order valence-electron chi connectivity index (χ0n) is 9.76. The quantitative estimate of drug-likeness (QED) is 0.740. The molecule has 3 heteroatoms. The minimum atomic E-state index is 0.0743. The number of carbonyl (C=O) groups is 1. The van der Waals surface area contributed by atoms with Crippen LogP contribution in [0.5, 0.6) is 0 Å². The van der Waals surface area contributed by atoms with Gasteiger partial charge in [0, 0.05) is 18.6 Å². The molecule has 1 aliphatic heterocycles. The number of hydrogen-bond donors (Lipinski definition) is 1. The average molecular weight is 198 g/mol. The first kappa shape index (κ1) is 11.5. The molecule has 1 aliphatic rings. The molecule has 0 bridgehead atoms. The van der Waals surface area contributed by atoms with E-state index in [1.807, 2.05) is 4.90 Å². The second kappa shape index (κ2) is 4.30. The van der Waals surface area contributed by atoms with E-state index in [2.05, 4.69) is 33.0 Å². The molecule has 0 aromatic heterocycles. The summed E-state index contributed by atoms with van der Waals surface area (Å²) in [5.41, 5.74) is 0.0743. The first-order valence-electron chi connectivity index (χ1n) is 5.43. The fourth-order valence-electron chi connectivity index (χ4n) is 1.67. The zero-order chi connectivity index (χ0) is 10.8. The van der Waals surface area contributed by atoms with Crippen molar-refractivity contribution in [1.29, 1.82) is 0 Å². The summed E-state index contributed by atoms with van der Waals surface area (Å²) in [6, 6.07) is 0. The van der Waals surface area contributed by atoms with Crippen LogP contribution >= 0.6 is 0 Å². The van der Waals surface area contributed by atoms with E-state index >= 15 is 0 Å². The molecule has 0 radical (unpaired) electrons. The van der Waals surface area contributed by atoms with Gasteiger partial charge in [-0.3, -0.25) is 4.79 Å². The maximum Gasteiger partial charge on any atom is 0.236 e. The van der Waals surface area contributed by atoms with Gasteiger partial charge in [0.1, 0.15) is 0 Å². The van der Waals surface area contributed by atoms with Gasteiger partial charge in [-0.2, -0.15) is 0 Å². The van der Waals surface area contributed by atoms with Crippen molar-refractivity contribution in [2.75, 3.05) is 19.6 Å². The van der Waals surface area contributed by atoms with E-state index in [4.69, 9.17) is 0 Å². The second-order valence-electron chi connectivity index (χ2n) is 5.24. The third-order valence-electron chi connectivity index (χ3n) is 2.63. The topological polar surface area (TPSA) is 32.3 Å². The van der Waals surface area contributed by atoms with Crippen molar-refractivity contribution in [3.63, 3.8) is 0 Å². The van der Waals surface area contributed by atoms with Crippen LogP contribution in [0.3, 0.4) is 0 Å². The van der Waals surface area contributed by atoms with E-state index in [1.54, 1.807) is 0 Å². The number of nitrogens with zero attached hydrogens (tertiary/aromatic N) is 1. The molecular weight excluding hydrogens is 176 g/mol. The Hall–Kier alpha value is -0.570. The Balaban J connectivity index is 2.45. The van der Waals surface area contributed by atoms with E-state index in [0.717, 1.165) is 19.5 Å². The number of amides is 1. The van der Waals surface area contributed by atoms with Crippen molar-refractivity contribution in [3.05, 3.63) is 0 Å². The highest BCUT2D eigenvalue weighted by molar-refractivity contribution is 5.79. The Morgan fingerprint density at radius 1 is 1.50 bits per heavy atom. The lowest BCUT2D eigenvalue weighted by Gasteiger charge is -2.39. The van der Waals surface area contributed by atoms with Crippen LogP contribution in [0.1, 0.15) is 34.1 Å². The average Bonchev–Trinajstić information content (AvgIpc) is 2.06. The van der Waals surface area contributed by atoms with Crippen LogP contribution < -0.4 is 5.32 Å². The summed E-state index contributed by atoms with van der Waals surface area (Å²) in [7, 11) is 0. The molecule has 14 heavy (non-hydrogen) atoms. The lowest BCUT2D eigenvalue weighted by Crippen LogP contribution is -2.59. The van der Waals surface area contributed by atoms with E-state index < -0.39 is 0 Å². The minimum absolute atomic E-state index is 0.0743. The highest BCUT2D eigenvalue weighted by atomic mass is 16.2. The van der Waals surface area contributed by atoms with Gasteiger partial charge in [0.15, 0.2) is 0 Å². The van der Waals surface area contributed by atoms with Crippen LogP contribution in [-0.2, 0) is 4.79 Å². The predicted molar refractivity (Wildman–Crippen MR) is 58.1 cm³/mol. The molecule has 1 rings (SSSR count). The largest absolute Gasteiger partial charge is 0.340 e. The van der Waals surface area contributed by atoms with Gasteiger partial charge in [0.05, 0.1) is 6.54 Å². The maximum absolute atomic E-state index is 11.6. The minimum Gasteiger partial charge on any atom is -0.340 e. The van der Waals surface area contributed by atoms with Gasteiger partial charge in [-0.15, -0.1) is 0 Å². The summed E-state index contributed by atoms with van der Waals surface area (Å²) in [6.07, 6.45) is 1.10. The van der Waals surface area contributed by atoms with Gasteiger partial charge in [-0.1, -0.05) is 13.8 Å². The molecule has 0 atom stereocenters. The van der Waals surface area contributed by atoms with Crippen LogP contribution in [0, 0.1) is 5.92 Å². The molecule has 1 fully saturated rings. The molecular formula is C11H22N2O. The van der Waals surface area contributed by atoms with Crippen LogP contribution in [-0.4, -0.2) is 36.0 Å². The Morgan fingerprint density at radius 2 is 2.14 bits per heavy atom. The molecule has 82 valence electrons. The summed E-state index contributed by atoms with van der Waals surface area (Å²) >= 11 is 0. The standard InChI is InChI=1S/C11H22N2O/c1-9(2)5-6-13-8-11(3,4)12-7-10(13)14/h9,12H,5-8H2,1-4H3. The monoisotopic (exact) mass is 198 g/mol. The molecule has 0 aromatic carbocycles.